The second-order valence-electron chi connectivity index (χ2n) is 3.70. The first-order chi connectivity index (χ1) is 5.75. The van der Waals surface area contributed by atoms with Crippen molar-refractivity contribution in [2.45, 2.75) is 18.6 Å². The van der Waals surface area contributed by atoms with Crippen LogP contribution in [-0.2, 0) is 0 Å². The topological polar surface area (TPSA) is 40.5 Å². The summed E-state index contributed by atoms with van der Waals surface area (Å²) in [4.78, 5) is 0. The van der Waals surface area contributed by atoms with E-state index in [0.717, 1.165) is 6.42 Å². The van der Waals surface area contributed by atoms with Crippen LogP contribution in [0, 0.1) is 17.8 Å². The molecule has 0 amide bonds. The van der Waals surface area contributed by atoms with Gasteiger partial charge in [-0.1, -0.05) is 18.2 Å². The summed E-state index contributed by atoms with van der Waals surface area (Å²) in [5, 5.41) is 19.1. The maximum Gasteiger partial charge on any atom is 0.0777 e. The van der Waals surface area contributed by atoms with Gasteiger partial charge < -0.3 is 10.2 Å². The van der Waals surface area contributed by atoms with Gasteiger partial charge in [-0.3, -0.25) is 0 Å². The molecule has 0 aromatic carbocycles. The van der Waals surface area contributed by atoms with E-state index < -0.39 is 6.10 Å². The molecule has 2 N–H and O–H groups in total. The molecule has 2 rings (SSSR count). The molecule has 2 aliphatic rings. The van der Waals surface area contributed by atoms with Crippen molar-refractivity contribution in [3.63, 3.8) is 0 Å². The average molecular weight is 166 g/mol. The lowest BCUT2D eigenvalue weighted by Gasteiger charge is -2.47. The Hall–Kier alpha value is -0.600. The molecule has 2 heteroatoms. The number of hydrogen-bond donors (Lipinski definition) is 2. The van der Waals surface area contributed by atoms with E-state index in [9.17, 15) is 10.2 Å². The molecule has 0 aliphatic heterocycles. The molecule has 12 heavy (non-hydrogen) atoms. The van der Waals surface area contributed by atoms with Crippen molar-refractivity contribution in [3.05, 3.63) is 24.8 Å². The maximum atomic E-state index is 9.63. The molecular weight excluding hydrogens is 152 g/mol. The van der Waals surface area contributed by atoms with Crippen molar-refractivity contribution >= 4 is 0 Å². The van der Waals surface area contributed by atoms with Gasteiger partial charge in [0.1, 0.15) is 0 Å². The van der Waals surface area contributed by atoms with Gasteiger partial charge in [-0.25, -0.2) is 0 Å². The fourth-order valence-electron chi connectivity index (χ4n) is 2.43. The summed E-state index contributed by atoms with van der Waals surface area (Å²) in [5.41, 5.74) is 0. The minimum atomic E-state index is -0.552. The average Bonchev–Trinajstić information content (AvgIpc) is 2.48. The summed E-state index contributed by atoms with van der Waals surface area (Å²) in [6.45, 7) is 3.53. The summed E-state index contributed by atoms with van der Waals surface area (Å²) in [6.07, 6.45) is 5.79. The normalized spacial score (nSPS) is 46.5. The van der Waals surface area contributed by atoms with Crippen molar-refractivity contribution in [2.75, 3.05) is 0 Å². The van der Waals surface area contributed by atoms with Crippen molar-refractivity contribution in [2.24, 2.45) is 17.8 Å². The summed E-state index contributed by atoms with van der Waals surface area (Å²) >= 11 is 0. The van der Waals surface area contributed by atoms with Gasteiger partial charge in [0.2, 0.25) is 0 Å². The monoisotopic (exact) mass is 166 g/mol. The zero-order valence-corrected chi connectivity index (χ0v) is 6.93. The molecule has 0 aromatic rings. The first kappa shape index (κ1) is 8.02. The predicted molar refractivity (Wildman–Crippen MR) is 46.4 cm³/mol. The van der Waals surface area contributed by atoms with E-state index in [1.54, 1.807) is 0 Å². The quantitative estimate of drug-likeness (QED) is 0.593. The van der Waals surface area contributed by atoms with Gasteiger partial charge in [0.15, 0.2) is 0 Å². The number of aliphatic hydroxyl groups is 2. The van der Waals surface area contributed by atoms with Crippen LogP contribution in [0.4, 0.5) is 0 Å². The maximum absolute atomic E-state index is 9.63. The second kappa shape index (κ2) is 2.71. The highest BCUT2D eigenvalue weighted by atomic mass is 16.3. The molecule has 2 aliphatic carbocycles. The highest BCUT2D eigenvalue weighted by Gasteiger charge is 2.51. The molecule has 0 bridgehead atoms. The second-order valence-corrected chi connectivity index (χ2v) is 3.70. The van der Waals surface area contributed by atoms with Gasteiger partial charge in [0.25, 0.3) is 0 Å². The van der Waals surface area contributed by atoms with Crippen LogP contribution in [0.25, 0.3) is 0 Å². The Balaban J connectivity index is 2.08. The van der Waals surface area contributed by atoms with Crippen LogP contribution in [0.2, 0.25) is 0 Å². The Morgan fingerprint density at radius 1 is 1.58 bits per heavy atom. The summed E-state index contributed by atoms with van der Waals surface area (Å²) < 4.78 is 0. The van der Waals surface area contributed by atoms with Crippen molar-refractivity contribution in [1.29, 1.82) is 0 Å². The van der Waals surface area contributed by atoms with Gasteiger partial charge in [0, 0.05) is 5.92 Å². The molecule has 0 aromatic heterocycles. The SMILES string of the molecule is C=C[C@H](O)C1C(O)[C@@H]2CC=C[C@H]12. The van der Waals surface area contributed by atoms with Crippen LogP contribution in [0.15, 0.2) is 24.8 Å². The molecule has 0 spiro atoms. The molecule has 66 valence electrons. The van der Waals surface area contributed by atoms with Gasteiger partial charge in [-0.2, -0.15) is 0 Å². The number of hydrogen-bond acceptors (Lipinski definition) is 2. The minimum absolute atomic E-state index is 0.00810. The number of aliphatic hydroxyl groups excluding tert-OH is 2. The highest BCUT2D eigenvalue weighted by molar-refractivity contribution is 5.17. The first-order valence-electron chi connectivity index (χ1n) is 4.41. The zero-order valence-electron chi connectivity index (χ0n) is 6.93. The number of fused-ring (bicyclic) bond motifs is 1. The van der Waals surface area contributed by atoms with Crippen LogP contribution >= 0.6 is 0 Å². The highest BCUT2D eigenvalue weighted by Crippen LogP contribution is 2.49. The van der Waals surface area contributed by atoms with E-state index in [-0.39, 0.29) is 12.0 Å². The zero-order chi connectivity index (χ0) is 8.72. The van der Waals surface area contributed by atoms with Gasteiger partial charge in [0.05, 0.1) is 12.2 Å². The van der Waals surface area contributed by atoms with E-state index in [1.165, 1.54) is 6.08 Å². The smallest absolute Gasteiger partial charge is 0.0777 e. The van der Waals surface area contributed by atoms with Crippen LogP contribution in [0.3, 0.4) is 0 Å². The first-order valence-corrected chi connectivity index (χ1v) is 4.41. The third kappa shape index (κ3) is 0.883. The molecular formula is C10H14O2. The standard InChI is InChI=1S/C10H14O2/c1-2-8(11)9-6-4-3-5-7(6)10(9)12/h2-4,6-12H,1,5H2/t6-,7+,8-,9?,10?/m0/s1. The number of rotatable bonds is 2. The fraction of sp³-hybridized carbons (Fsp3) is 0.600. The Labute approximate surface area is 72.2 Å². The summed E-state index contributed by atoms with van der Waals surface area (Å²) in [6, 6.07) is 0. The molecule has 5 atom stereocenters. The van der Waals surface area contributed by atoms with Crippen LogP contribution in [-0.4, -0.2) is 22.4 Å². The molecule has 1 fully saturated rings. The van der Waals surface area contributed by atoms with Gasteiger partial charge >= 0.3 is 0 Å². The fourth-order valence-corrected chi connectivity index (χ4v) is 2.43. The van der Waals surface area contributed by atoms with Gasteiger partial charge in [-0.15, -0.1) is 6.58 Å². The molecule has 0 radical (unpaired) electrons. The van der Waals surface area contributed by atoms with Gasteiger partial charge in [-0.05, 0) is 18.3 Å². The molecule has 2 unspecified atom stereocenters. The van der Waals surface area contributed by atoms with E-state index in [2.05, 4.69) is 18.7 Å². The largest absolute Gasteiger partial charge is 0.392 e. The third-order valence-corrected chi connectivity index (χ3v) is 3.17. The Bertz CT molecular complexity index is 222. The lowest BCUT2D eigenvalue weighted by Crippen LogP contribution is -2.53. The molecule has 0 saturated heterocycles. The molecule has 2 nitrogen and oxygen atoms in total. The van der Waals surface area contributed by atoms with Crippen LogP contribution < -0.4 is 0 Å². The minimum Gasteiger partial charge on any atom is -0.392 e. The van der Waals surface area contributed by atoms with Crippen molar-refractivity contribution in [3.8, 4) is 0 Å². The third-order valence-electron chi connectivity index (χ3n) is 3.17. The van der Waals surface area contributed by atoms with E-state index >= 15 is 0 Å². The Morgan fingerprint density at radius 3 is 3.00 bits per heavy atom. The lowest BCUT2D eigenvalue weighted by atomic mass is 9.62. The Kier molecular flexibility index (Phi) is 1.81. The summed E-state index contributed by atoms with van der Waals surface area (Å²) in [7, 11) is 0. The Morgan fingerprint density at radius 2 is 2.33 bits per heavy atom. The molecule has 1 saturated carbocycles. The van der Waals surface area contributed by atoms with Crippen molar-refractivity contribution < 1.29 is 10.2 Å². The lowest BCUT2D eigenvalue weighted by molar-refractivity contribution is -0.113. The van der Waals surface area contributed by atoms with Crippen molar-refractivity contribution in [1.82, 2.24) is 0 Å². The molecule has 0 heterocycles. The number of allylic oxidation sites excluding steroid dienone is 2. The van der Waals surface area contributed by atoms with Crippen LogP contribution in [0.1, 0.15) is 6.42 Å². The van der Waals surface area contributed by atoms with E-state index in [0.29, 0.717) is 11.8 Å². The van der Waals surface area contributed by atoms with E-state index in [4.69, 9.17) is 0 Å². The predicted octanol–water partition coefficient (Wildman–Crippen LogP) is 0.716. The summed E-state index contributed by atoms with van der Waals surface area (Å²) in [5.74, 6) is 0.740. The van der Waals surface area contributed by atoms with E-state index in [1.807, 2.05) is 0 Å². The van der Waals surface area contributed by atoms with Crippen LogP contribution in [0.5, 0.6) is 0 Å².